The molecule has 1 aromatic carbocycles. The smallest absolute Gasteiger partial charge is 0.0918 e. The van der Waals surface area contributed by atoms with Gasteiger partial charge in [0.25, 0.3) is 0 Å². The quantitative estimate of drug-likeness (QED) is 0.523. The monoisotopic (exact) mass is 356 g/mol. The minimum absolute atomic E-state index is 0.423. The molecule has 1 unspecified atom stereocenters. The standard InChI is InChI=1S/C19H27N5.CH5N/c1-3-24-8-4-5-17(13-24)22-14(2)21-12-18-10-16-9-15(11-20)6-7-19(16)23-18;1-2/h3,6-7,9-10,17,21-23H,1-2,4-5,8,11-13,20H2;2H2,1H3. The van der Waals surface area contributed by atoms with Crippen LogP contribution >= 0.6 is 0 Å². The molecule has 0 saturated carbocycles. The van der Waals surface area contributed by atoms with Crippen molar-refractivity contribution in [2.75, 3.05) is 20.1 Å². The van der Waals surface area contributed by atoms with Crippen molar-refractivity contribution in [1.82, 2.24) is 20.5 Å². The fourth-order valence-electron chi connectivity index (χ4n) is 3.25. The van der Waals surface area contributed by atoms with E-state index in [1.807, 2.05) is 6.20 Å². The van der Waals surface area contributed by atoms with Crippen LogP contribution in [-0.4, -0.2) is 36.1 Å². The summed E-state index contributed by atoms with van der Waals surface area (Å²) in [5.74, 6) is 0.868. The van der Waals surface area contributed by atoms with Crippen molar-refractivity contribution in [3.05, 3.63) is 60.7 Å². The van der Waals surface area contributed by atoms with Gasteiger partial charge in [0, 0.05) is 42.3 Å². The maximum atomic E-state index is 5.70. The van der Waals surface area contributed by atoms with E-state index in [9.17, 15) is 0 Å². The predicted octanol–water partition coefficient (Wildman–Crippen LogP) is 1.96. The number of fused-ring (bicyclic) bond motifs is 1. The van der Waals surface area contributed by atoms with Gasteiger partial charge < -0.3 is 32.0 Å². The zero-order chi connectivity index (χ0) is 18.9. The minimum atomic E-state index is 0.423. The zero-order valence-corrected chi connectivity index (χ0v) is 15.7. The Labute approximate surface area is 156 Å². The van der Waals surface area contributed by atoms with Crippen molar-refractivity contribution in [1.29, 1.82) is 0 Å². The molecule has 3 rings (SSSR count). The summed E-state index contributed by atoms with van der Waals surface area (Å²) in [5, 5.41) is 8.04. The Balaban J connectivity index is 0.00000117. The molecule has 1 fully saturated rings. The Morgan fingerprint density at radius 3 is 2.92 bits per heavy atom. The lowest BCUT2D eigenvalue weighted by molar-refractivity contribution is 0.259. The van der Waals surface area contributed by atoms with Crippen molar-refractivity contribution >= 4 is 10.9 Å². The van der Waals surface area contributed by atoms with Gasteiger partial charge in [-0.15, -0.1) is 0 Å². The highest BCUT2D eigenvalue weighted by atomic mass is 15.2. The van der Waals surface area contributed by atoms with Gasteiger partial charge in [-0.05, 0) is 49.9 Å². The summed E-state index contributed by atoms with van der Waals surface area (Å²) in [6.07, 6.45) is 4.27. The molecule has 26 heavy (non-hydrogen) atoms. The third-order valence-electron chi connectivity index (χ3n) is 4.56. The summed E-state index contributed by atoms with van der Waals surface area (Å²) >= 11 is 0. The summed E-state index contributed by atoms with van der Waals surface area (Å²) in [5.41, 5.74) is 13.6. The number of H-pyrrole nitrogens is 1. The van der Waals surface area contributed by atoms with E-state index in [2.05, 4.69) is 63.7 Å². The number of rotatable bonds is 7. The molecule has 2 aromatic rings. The second-order valence-electron chi connectivity index (χ2n) is 6.41. The van der Waals surface area contributed by atoms with E-state index in [0.29, 0.717) is 12.6 Å². The second kappa shape index (κ2) is 9.89. The fourth-order valence-corrected chi connectivity index (χ4v) is 3.25. The number of aromatic amines is 1. The normalized spacial score (nSPS) is 16.6. The third kappa shape index (κ3) is 5.28. The average molecular weight is 357 g/mol. The van der Waals surface area contributed by atoms with Crippen molar-refractivity contribution in [2.24, 2.45) is 11.5 Å². The number of hydrogen-bond donors (Lipinski definition) is 5. The van der Waals surface area contributed by atoms with Crippen molar-refractivity contribution < 1.29 is 0 Å². The number of aromatic nitrogens is 1. The lowest BCUT2D eigenvalue weighted by Crippen LogP contribution is -2.44. The Kier molecular flexibility index (Phi) is 7.56. The summed E-state index contributed by atoms with van der Waals surface area (Å²) < 4.78 is 0. The maximum Gasteiger partial charge on any atom is 0.0918 e. The van der Waals surface area contributed by atoms with E-state index in [0.717, 1.165) is 42.2 Å². The largest absolute Gasteiger partial charge is 0.376 e. The summed E-state index contributed by atoms with van der Waals surface area (Å²) in [7, 11) is 1.50. The molecule has 1 aliphatic rings. The molecule has 0 bridgehead atoms. The van der Waals surface area contributed by atoms with E-state index in [-0.39, 0.29) is 0 Å². The first kappa shape index (κ1) is 19.9. The Morgan fingerprint density at radius 1 is 1.38 bits per heavy atom. The first-order valence-corrected chi connectivity index (χ1v) is 9.12. The summed E-state index contributed by atoms with van der Waals surface area (Å²) in [4.78, 5) is 5.68. The molecule has 1 atom stereocenters. The fraction of sp³-hybridized carbons (Fsp3) is 0.400. The minimum Gasteiger partial charge on any atom is -0.376 e. The molecule has 7 N–H and O–H groups in total. The molecule has 6 nitrogen and oxygen atoms in total. The molecule has 0 aliphatic carbocycles. The van der Waals surface area contributed by atoms with Crippen LogP contribution in [-0.2, 0) is 13.1 Å². The van der Waals surface area contributed by atoms with Crippen LogP contribution in [0.15, 0.2) is 49.4 Å². The van der Waals surface area contributed by atoms with E-state index in [1.54, 1.807) is 0 Å². The van der Waals surface area contributed by atoms with E-state index < -0.39 is 0 Å². The zero-order valence-electron chi connectivity index (χ0n) is 15.7. The molecule has 6 heteroatoms. The topological polar surface area (TPSA) is 95.1 Å². The number of piperidine rings is 1. The molecule has 1 saturated heterocycles. The van der Waals surface area contributed by atoms with Crippen LogP contribution < -0.4 is 22.1 Å². The van der Waals surface area contributed by atoms with Gasteiger partial charge in [-0.25, -0.2) is 0 Å². The SMILES string of the molecule is C=CN1CCCC(NC(=C)NCc2cc3cc(CN)ccc3[nH]2)C1.CN. The predicted molar refractivity (Wildman–Crippen MR) is 110 cm³/mol. The van der Waals surface area contributed by atoms with Crippen LogP contribution in [0.2, 0.25) is 0 Å². The number of likely N-dealkylation sites (tertiary alicyclic amines) is 1. The number of nitrogens with one attached hydrogen (secondary N) is 3. The molecule has 2 heterocycles. The van der Waals surface area contributed by atoms with E-state index in [4.69, 9.17) is 5.73 Å². The van der Waals surface area contributed by atoms with Gasteiger partial charge in [0.15, 0.2) is 0 Å². The van der Waals surface area contributed by atoms with Crippen LogP contribution in [0.4, 0.5) is 0 Å². The van der Waals surface area contributed by atoms with Crippen LogP contribution in [0.25, 0.3) is 10.9 Å². The van der Waals surface area contributed by atoms with Crippen LogP contribution in [0, 0.1) is 0 Å². The number of benzene rings is 1. The van der Waals surface area contributed by atoms with Gasteiger partial charge in [-0.1, -0.05) is 19.2 Å². The lowest BCUT2D eigenvalue weighted by Gasteiger charge is -2.33. The molecule has 1 aliphatic heterocycles. The highest BCUT2D eigenvalue weighted by molar-refractivity contribution is 5.81. The van der Waals surface area contributed by atoms with Gasteiger partial charge in [-0.3, -0.25) is 0 Å². The number of nitrogens with zero attached hydrogens (tertiary/aromatic N) is 1. The number of nitrogens with two attached hydrogens (primary N) is 2. The van der Waals surface area contributed by atoms with Gasteiger partial charge in [0.2, 0.25) is 0 Å². The first-order chi connectivity index (χ1) is 12.7. The van der Waals surface area contributed by atoms with Gasteiger partial charge in [0.1, 0.15) is 0 Å². The summed E-state index contributed by atoms with van der Waals surface area (Å²) in [6.45, 7) is 11.3. The van der Waals surface area contributed by atoms with Crippen LogP contribution in [0.1, 0.15) is 24.1 Å². The number of hydrogen-bond acceptors (Lipinski definition) is 5. The Hall–Kier alpha value is -2.44. The summed E-state index contributed by atoms with van der Waals surface area (Å²) in [6, 6.07) is 8.86. The molecule has 0 spiro atoms. The van der Waals surface area contributed by atoms with Crippen LogP contribution in [0.5, 0.6) is 0 Å². The Morgan fingerprint density at radius 2 is 2.19 bits per heavy atom. The highest BCUT2D eigenvalue weighted by Crippen LogP contribution is 2.17. The first-order valence-electron chi connectivity index (χ1n) is 9.12. The second-order valence-corrected chi connectivity index (χ2v) is 6.41. The molecule has 1 aromatic heterocycles. The molecular formula is C20H32N6. The van der Waals surface area contributed by atoms with E-state index >= 15 is 0 Å². The van der Waals surface area contributed by atoms with Gasteiger partial charge in [0.05, 0.1) is 12.4 Å². The van der Waals surface area contributed by atoms with E-state index in [1.165, 1.54) is 25.3 Å². The third-order valence-corrected chi connectivity index (χ3v) is 4.56. The van der Waals surface area contributed by atoms with Crippen molar-refractivity contribution in [3.63, 3.8) is 0 Å². The average Bonchev–Trinajstić information content (AvgIpc) is 3.10. The Bertz CT molecular complexity index is 720. The van der Waals surface area contributed by atoms with Crippen molar-refractivity contribution in [3.8, 4) is 0 Å². The lowest BCUT2D eigenvalue weighted by atomic mass is 10.1. The van der Waals surface area contributed by atoms with Gasteiger partial charge >= 0.3 is 0 Å². The van der Waals surface area contributed by atoms with Gasteiger partial charge in [-0.2, -0.15) is 0 Å². The maximum absolute atomic E-state index is 5.70. The van der Waals surface area contributed by atoms with Crippen molar-refractivity contribution in [2.45, 2.75) is 32.0 Å². The molecule has 142 valence electrons. The van der Waals surface area contributed by atoms with Crippen LogP contribution in [0.3, 0.4) is 0 Å². The highest BCUT2D eigenvalue weighted by Gasteiger charge is 2.17. The molecular weight excluding hydrogens is 324 g/mol. The molecule has 0 amide bonds. The molecule has 0 radical (unpaired) electrons.